The van der Waals surface area contributed by atoms with Crippen molar-refractivity contribution in [2.75, 3.05) is 0 Å². The van der Waals surface area contributed by atoms with Crippen LogP contribution in [0.15, 0.2) is 138 Å². The molecule has 0 radical (unpaired) electrons. The molecule has 0 saturated heterocycles. The van der Waals surface area contributed by atoms with E-state index in [1.54, 1.807) is 0 Å². The molecular weight excluding hydrogens is 472 g/mol. The Bertz CT molecular complexity index is 2440. The third-order valence-corrected chi connectivity index (χ3v) is 8.42. The molecule has 0 fully saturated rings. The van der Waals surface area contributed by atoms with Gasteiger partial charge in [-0.05, 0) is 83.2 Å². The highest BCUT2D eigenvalue weighted by atomic mass is 16.3. The van der Waals surface area contributed by atoms with Crippen LogP contribution in [0.2, 0.25) is 0 Å². The molecule has 0 spiro atoms. The van der Waals surface area contributed by atoms with Crippen molar-refractivity contribution in [3.63, 3.8) is 0 Å². The summed E-state index contributed by atoms with van der Waals surface area (Å²) in [5.74, 6) is 0. The van der Waals surface area contributed by atoms with Crippen LogP contribution in [0, 0.1) is 0 Å². The van der Waals surface area contributed by atoms with Gasteiger partial charge in [0.25, 0.3) is 0 Å². The summed E-state index contributed by atoms with van der Waals surface area (Å²) < 4.78 is 6.22. The first-order valence-electron chi connectivity index (χ1n) is 13.4. The van der Waals surface area contributed by atoms with Gasteiger partial charge in [0.2, 0.25) is 0 Å². The van der Waals surface area contributed by atoms with Gasteiger partial charge in [0.1, 0.15) is 11.2 Å². The van der Waals surface area contributed by atoms with Gasteiger partial charge in [0.15, 0.2) is 0 Å². The molecule has 1 heterocycles. The lowest BCUT2D eigenvalue weighted by molar-refractivity contribution is 0.669. The van der Waals surface area contributed by atoms with Gasteiger partial charge in [0.05, 0.1) is 0 Å². The Balaban J connectivity index is 1.49. The number of hydrogen-bond donors (Lipinski definition) is 0. The molecule has 0 N–H and O–H groups in total. The van der Waals surface area contributed by atoms with Crippen molar-refractivity contribution in [3.8, 4) is 11.1 Å². The quantitative estimate of drug-likeness (QED) is 0.207. The molecule has 39 heavy (non-hydrogen) atoms. The first-order valence-corrected chi connectivity index (χ1v) is 13.4. The van der Waals surface area contributed by atoms with Crippen LogP contribution in [0.25, 0.3) is 86.9 Å². The maximum absolute atomic E-state index is 6.22. The molecule has 1 heteroatoms. The molecule has 1 aromatic heterocycles. The second-order valence-corrected chi connectivity index (χ2v) is 10.4. The zero-order valence-electron chi connectivity index (χ0n) is 21.1. The van der Waals surface area contributed by atoms with E-state index in [9.17, 15) is 0 Å². The third-order valence-electron chi connectivity index (χ3n) is 8.42. The predicted octanol–water partition coefficient (Wildman–Crippen LogP) is 11.0. The predicted molar refractivity (Wildman–Crippen MR) is 167 cm³/mol. The van der Waals surface area contributed by atoms with Crippen molar-refractivity contribution in [3.05, 3.63) is 133 Å². The second kappa shape index (κ2) is 7.69. The monoisotopic (exact) mass is 494 g/mol. The highest BCUT2D eigenvalue weighted by molar-refractivity contribution is 6.39. The SMILES string of the molecule is c1ccc2c(c1)oc1cccc(-c3ccc4c(c3)c3ccccc3c3c5ccccc5c5ccccc5c43)c12. The maximum Gasteiger partial charge on any atom is 0.136 e. The van der Waals surface area contributed by atoms with Crippen LogP contribution in [-0.4, -0.2) is 0 Å². The smallest absolute Gasteiger partial charge is 0.136 e. The highest BCUT2D eigenvalue weighted by Gasteiger charge is 2.17. The van der Waals surface area contributed by atoms with Gasteiger partial charge in [-0.25, -0.2) is 0 Å². The van der Waals surface area contributed by atoms with Crippen molar-refractivity contribution in [1.29, 1.82) is 0 Å². The molecule has 0 unspecified atom stereocenters. The molecule has 0 aliphatic heterocycles. The molecule has 180 valence electrons. The van der Waals surface area contributed by atoms with E-state index in [1.165, 1.54) is 70.4 Å². The molecule has 0 aliphatic carbocycles. The van der Waals surface area contributed by atoms with Crippen molar-refractivity contribution in [2.45, 2.75) is 0 Å². The van der Waals surface area contributed by atoms with Crippen LogP contribution in [-0.2, 0) is 0 Å². The van der Waals surface area contributed by atoms with E-state index in [1.807, 2.05) is 6.07 Å². The Hall–Kier alpha value is -5.14. The Kier molecular flexibility index (Phi) is 4.11. The first-order chi connectivity index (χ1) is 19.4. The van der Waals surface area contributed by atoms with E-state index in [0.29, 0.717) is 0 Å². The first kappa shape index (κ1) is 20.9. The topological polar surface area (TPSA) is 13.1 Å². The van der Waals surface area contributed by atoms with E-state index in [4.69, 9.17) is 4.42 Å². The lowest BCUT2D eigenvalue weighted by atomic mass is 9.86. The fourth-order valence-corrected chi connectivity index (χ4v) is 6.80. The lowest BCUT2D eigenvalue weighted by Crippen LogP contribution is -1.89. The van der Waals surface area contributed by atoms with E-state index >= 15 is 0 Å². The summed E-state index contributed by atoms with van der Waals surface area (Å²) >= 11 is 0. The molecule has 0 bridgehead atoms. The second-order valence-electron chi connectivity index (χ2n) is 10.4. The van der Waals surface area contributed by atoms with Crippen LogP contribution >= 0.6 is 0 Å². The van der Waals surface area contributed by atoms with Crippen molar-refractivity contribution in [1.82, 2.24) is 0 Å². The van der Waals surface area contributed by atoms with Crippen LogP contribution in [0.1, 0.15) is 0 Å². The normalized spacial score (nSPS) is 12.1. The minimum atomic E-state index is 0.926. The third kappa shape index (κ3) is 2.79. The van der Waals surface area contributed by atoms with Crippen LogP contribution in [0.5, 0.6) is 0 Å². The number of benzene rings is 8. The average Bonchev–Trinajstić information content (AvgIpc) is 3.39. The van der Waals surface area contributed by atoms with Crippen molar-refractivity contribution in [2.24, 2.45) is 0 Å². The van der Waals surface area contributed by atoms with Crippen molar-refractivity contribution < 1.29 is 4.42 Å². The summed E-state index contributed by atoms with van der Waals surface area (Å²) in [5.41, 5.74) is 4.26. The molecule has 1 nitrogen and oxygen atoms in total. The molecule has 0 atom stereocenters. The Morgan fingerprint density at radius 2 is 0.795 bits per heavy atom. The fourth-order valence-electron chi connectivity index (χ4n) is 6.80. The van der Waals surface area contributed by atoms with Crippen LogP contribution in [0.4, 0.5) is 0 Å². The number of rotatable bonds is 1. The van der Waals surface area contributed by atoms with E-state index in [-0.39, 0.29) is 0 Å². The minimum Gasteiger partial charge on any atom is -0.456 e. The van der Waals surface area contributed by atoms with Gasteiger partial charge in [-0.2, -0.15) is 0 Å². The zero-order chi connectivity index (χ0) is 25.5. The van der Waals surface area contributed by atoms with Gasteiger partial charge in [-0.3, -0.25) is 0 Å². The molecule has 0 saturated carbocycles. The summed E-state index contributed by atoms with van der Waals surface area (Å²) in [6.45, 7) is 0. The molecule has 9 rings (SSSR count). The summed E-state index contributed by atoms with van der Waals surface area (Å²) in [6.07, 6.45) is 0. The summed E-state index contributed by atoms with van der Waals surface area (Å²) in [7, 11) is 0. The summed E-state index contributed by atoms with van der Waals surface area (Å²) in [6, 6.07) is 48.3. The molecule has 0 aliphatic rings. The van der Waals surface area contributed by atoms with E-state index < -0.39 is 0 Å². The molecule has 8 aromatic carbocycles. The van der Waals surface area contributed by atoms with E-state index in [2.05, 4.69) is 127 Å². The summed E-state index contributed by atoms with van der Waals surface area (Å²) in [5, 5.41) is 15.4. The molecular formula is C38H22O. The minimum absolute atomic E-state index is 0.926. The number of para-hydroxylation sites is 1. The lowest BCUT2D eigenvalue weighted by Gasteiger charge is -2.17. The maximum atomic E-state index is 6.22. The van der Waals surface area contributed by atoms with Gasteiger partial charge in [-0.1, -0.05) is 115 Å². The Morgan fingerprint density at radius 3 is 1.44 bits per heavy atom. The van der Waals surface area contributed by atoms with Crippen molar-refractivity contribution >= 4 is 75.8 Å². The van der Waals surface area contributed by atoms with Gasteiger partial charge < -0.3 is 4.42 Å². The van der Waals surface area contributed by atoms with Crippen LogP contribution in [0.3, 0.4) is 0 Å². The van der Waals surface area contributed by atoms with Gasteiger partial charge in [-0.15, -0.1) is 0 Å². The van der Waals surface area contributed by atoms with E-state index in [0.717, 1.165) is 16.6 Å². The van der Waals surface area contributed by atoms with Crippen LogP contribution < -0.4 is 0 Å². The number of fused-ring (bicyclic) bond motifs is 14. The zero-order valence-corrected chi connectivity index (χ0v) is 21.1. The molecule has 9 aromatic rings. The highest BCUT2D eigenvalue weighted by Crippen LogP contribution is 2.45. The number of furan rings is 1. The Morgan fingerprint density at radius 1 is 0.308 bits per heavy atom. The standard InChI is InChI=1S/C38H22O/c1-4-13-28-25(10-1)26-11-2-5-14-29(26)38-31-21-20-23(22-33(31)27-12-3-6-15-30(27)37(28)38)24-17-9-19-35-36(24)32-16-7-8-18-34(32)39-35/h1-22H. The number of hydrogen-bond acceptors (Lipinski definition) is 1. The van der Waals surface area contributed by atoms with Gasteiger partial charge in [0, 0.05) is 10.8 Å². The molecule has 0 amide bonds. The largest absolute Gasteiger partial charge is 0.456 e. The van der Waals surface area contributed by atoms with Gasteiger partial charge >= 0.3 is 0 Å². The fraction of sp³-hybridized carbons (Fsp3) is 0. The summed E-state index contributed by atoms with van der Waals surface area (Å²) in [4.78, 5) is 0. The Labute approximate surface area is 224 Å². The average molecular weight is 495 g/mol.